The van der Waals surface area contributed by atoms with Crippen molar-refractivity contribution in [2.75, 3.05) is 0 Å². The summed E-state index contributed by atoms with van der Waals surface area (Å²) in [4.78, 5) is 4.01. The highest BCUT2D eigenvalue weighted by atomic mass is 19.2. The monoisotopic (exact) mass is 230 g/mol. The van der Waals surface area contributed by atoms with Gasteiger partial charge in [0.05, 0.1) is 18.2 Å². The van der Waals surface area contributed by atoms with Crippen LogP contribution in [0.5, 0.6) is 0 Å². The lowest BCUT2D eigenvalue weighted by molar-refractivity contribution is 0.511. The van der Waals surface area contributed by atoms with Crippen LogP contribution in [0.1, 0.15) is 5.56 Å². The number of nitrogens with zero attached hydrogens (tertiary/aromatic N) is 2. The molecule has 0 aliphatic heterocycles. The van der Waals surface area contributed by atoms with Crippen molar-refractivity contribution in [2.24, 2.45) is 0 Å². The molecule has 0 bridgehead atoms. The van der Waals surface area contributed by atoms with Crippen molar-refractivity contribution >= 4 is 0 Å². The van der Waals surface area contributed by atoms with Crippen molar-refractivity contribution in [1.82, 2.24) is 4.98 Å². The van der Waals surface area contributed by atoms with E-state index in [1.807, 2.05) is 6.07 Å². The molecule has 0 radical (unpaired) electrons. The summed E-state index contributed by atoms with van der Waals surface area (Å²) >= 11 is 0. The molecule has 0 amide bonds. The fourth-order valence-corrected chi connectivity index (χ4v) is 1.60. The Labute approximate surface area is 97.2 Å². The Bertz CT molecular complexity index is 588. The number of rotatable bonds is 2. The van der Waals surface area contributed by atoms with Gasteiger partial charge in [-0.25, -0.2) is 8.78 Å². The Morgan fingerprint density at radius 3 is 2.76 bits per heavy atom. The summed E-state index contributed by atoms with van der Waals surface area (Å²) in [6, 6.07) is 9.22. The topological polar surface area (TPSA) is 36.7 Å². The molecule has 1 aromatic heterocycles. The molecule has 4 heteroatoms. The molecule has 0 atom stereocenters. The summed E-state index contributed by atoms with van der Waals surface area (Å²) < 4.78 is 26.7. The molecule has 0 fully saturated rings. The third-order valence-electron chi connectivity index (χ3n) is 2.37. The van der Waals surface area contributed by atoms with E-state index in [1.165, 1.54) is 18.3 Å². The lowest BCUT2D eigenvalue weighted by atomic mass is 10.0. The van der Waals surface area contributed by atoms with Crippen LogP contribution in [-0.2, 0) is 6.42 Å². The van der Waals surface area contributed by atoms with Gasteiger partial charge in [-0.3, -0.25) is 4.98 Å². The highest BCUT2D eigenvalue weighted by Crippen LogP contribution is 2.25. The highest BCUT2D eigenvalue weighted by Gasteiger charge is 2.13. The van der Waals surface area contributed by atoms with E-state index in [-0.39, 0.29) is 12.0 Å². The normalized spacial score (nSPS) is 9.94. The van der Waals surface area contributed by atoms with Gasteiger partial charge in [-0.1, -0.05) is 12.1 Å². The number of nitriles is 1. The predicted octanol–water partition coefficient (Wildman–Crippen LogP) is 3.09. The molecule has 0 aliphatic rings. The molecule has 1 heterocycles. The van der Waals surface area contributed by atoms with E-state index < -0.39 is 11.6 Å². The summed E-state index contributed by atoms with van der Waals surface area (Å²) in [6.07, 6.45) is 1.60. The average molecular weight is 230 g/mol. The van der Waals surface area contributed by atoms with E-state index >= 15 is 0 Å². The zero-order chi connectivity index (χ0) is 12.3. The zero-order valence-electron chi connectivity index (χ0n) is 8.82. The molecule has 2 nitrogen and oxygen atoms in total. The highest BCUT2D eigenvalue weighted by molar-refractivity contribution is 5.64. The van der Waals surface area contributed by atoms with Crippen LogP contribution in [0, 0.1) is 23.0 Å². The van der Waals surface area contributed by atoms with Gasteiger partial charge in [0, 0.05) is 11.8 Å². The average Bonchev–Trinajstić information content (AvgIpc) is 2.34. The SMILES string of the molecule is N#CCc1cccnc1-c1cccc(F)c1F. The Kier molecular flexibility index (Phi) is 3.10. The van der Waals surface area contributed by atoms with Gasteiger partial charge in [-0.2, -0.15) is 5.26 Å². The van der Waals surface area contributed by atoms with Crippen LogP contribution in [-0.4, -0.2) is 4.98 Å². The number of hydrogen-bond donors (Lipinski definition) is 0. The molecule has 0 unspecified atom stereocenters. The van der Waals surface area contributed by atoms with Crippen LogP contribution in [0.4, 0.5) is 8.78 Å². The lowest BCUT2D eigenvalue weighted by Crippen LogP contribution is -1.96. The molecule has 0 aliphatic carbocycles. The quantitative estimate of drug-likeness (QED) is 0.794. The minimum atomic E-state index is -0.939. The number of halogens is 2. The molecule has 17 heavy (non-hydrogen) atoms. The summed E-state index contributed by atoms with van der Waals surface area (Å²) in [5.41, 5.74) is 0.974. The number of hydrogen-bond acceptors (Lipinski definition) is 2. The van der Waals surface area contributed by atoms with E-state index in [1.54, 1.807) is 12.1 Å². The first kappa shape index (κ1) is 11.2. The van der Waals surface area contributed by atoms with Gasteiger partial charge in [0.15, 0.2) is 11.6 Å². The Hall–Kier alpha value is -2.28. The first-order chi connectivity index (χ1) is 8.24. The number of pyridine rings is 1. The summed E-state index contributed by atoms with van der Waals surface area (Å²) in [6.45, 7) is 0. The van der Waals surface area contributed by atoms with Crippen LogP contribution in [0.2, 0.25) is 0 Å². The van der Waals surface area contributed by atoms with Crippen molar-refractivity contribution in [1.29, 1.82) is 5.26 Å². The van der Waals surface area contributed by atoms with E-state index in [9.17, 15) is 8.78 Å². The van der Waals surface area contributed by atoms with Crippen LogP contribution >= 0.6 is 0 Å². The number of aromatic nitrogens is 1. The van der Waals surface area contributed by atoms with Gasteiger partial charge in [0.2, 0.25) is 0 Å². The van der Waals surface area contributed by atoms with Gasteiger partial charge in [0.25, 0.3) is 0 Å². The minimum Gasteiger partial charge on any atom is -0.256 e. The second kappa shape index (κ2) is 4.71. The molecule has 84 valence electrons. The van der Waals surface area contributed by atoms with Crippen molar-refractivity contribution in [3.8, 4) is 17.3 Å². The molecule has 1 aromatic carbocycles. The van der Waals surface area contributed by atoms with Crippen LogP contribution in [0.25, 0.3) is 11.3 Å². The Morgan fingerprint density at radius 1 is 1.18 bits per heavy atom. The van der Waals surface area contributed by atoms with E-state index in [2.05, 4.69) is 4.98 Å². The first-order valence-corrected chi connectivity index (χ1v) is 4.99. The molecule has 2 aromatic rings. The van der Waals surface area contributed by atoms with Gasteiger partial charge < -0.3 is 0 Å². The molecule has 2 rings (SSSR count). The molecular weight excluding hydrogens is 222 g/mol. The molecule has 0 saturated heterocycles. The van der Waals surface area contributed by atoms with Gasteiger partial charge in [-0.05, 0) is 23.8 Å². The fraction of sp³-hybridized carbons (Fsp3) is 0.0769. The van der Waals surface area contributed by atoms with Gasteiger partial charge in [0.1, 0.15) is 0 Å². The van der Waals surface area contributed by atoms with Crippen LogP contribution in [0.3, 0.4) is 0 Å². The third-order valence-corrected chi connectivity index (χ3v) is 2.37. The largest absolute Gasteiger partial charge is 0.256 e. The van der Waals surface area contributed by atoms with Crippen molar-refractivity contribution < 1.29 is 8.78 Å². The van der Waals surface area contributed by atoms with Crippen molar-refractivity contribution in [3.63, 3.8) is 0 Å². The maximum absolute atomic E-state index is 13.6. The van der Waals surface area contributed by atoms with Gasteiger partial charge >= 0.3 is 0 Å². The first-order valence-electron chi connectivity index (χ1n) is 4.99. The van der Waals surface area contributed by atoms with Crippen molar-refractivity contribution in [3.05, 3.63) is 53.7 Å². The maximum Gasteiger partial charge on any atom is 0.168 e. The third kappa shape index (κ3) is 2.13. The predicted molar refractivity (Wildman–Crippen MR) is 58.9 cm³/mol. The molecule has 0 spiro atoms. The summed E-state index contributed by atoms with van der Waals surface area (Å²) in [5, 5.41) is 8.67. The van der Waals surface area contributed by atoms with Crippen molar-refractivity contribution in [2.45, 2.75) is 6.42 Å². The molecule has 0 N–H and O–H groups in total. The second-order valence-corrected chi connectivity index (χ2v) is 3.45. The fourth-order valence-electron chi connectivity index (χ4n) is 1.60. The minimum absolute atomic E-state index is 0.0795. The summed E-state index contributed by atoms with van der Waals surface area (Å²) in [5.74, 6) is -1.86. The zero-order valence-corrected chi connectivity index (χ0v) is 8.82. The van der Waals surface area contributed by atoms with E-state index in [0.29, 0.717) is 11.3 Å². The maximum atomic E-state index is 13.6. The molecule has 0 saturated carbocycles. The standard InChI is InChI=1S/C13H8F2N2/c14-11-5-1-4-10(12(11)15)13-9(6-7-16)3-2-8-17-13/h1-5,8H,6H2. The van der Waals surface area contributed by atoms with Crippen LogP contribution in [0.15, 0.2) is 36.5 Å². The van der Waals surface area contributed by atoms with E-state index in [4.69, 9.17) is 5.26 Å². The molecular formula is C13H8F2N2. The van der Waals surface area contributed by atoms with Gasteiger partial charge in [-0.15, -0.1) is 0 Å². The summed E-state index contributed by atoms with van der Waals surface area (Å²) in [7, 11) is 0. The van der Waals surface area contributed by atoms with E-state index in [0.717, 1.165) is 6.07 Å². The van der Waals surface area contributed by atoms with Crippen LogP contribution < -0.4 is 0 Å². The Balaban J connectivity index is 2.61. The Morgan fingerprint density at radius 2 is 2.00 bits per heavy atom. The number of benzene rings is 1. The lowest BCUT2D eigenvalue weighted by Gasteiger charge is -2.07. The second-order valence-electron chi connectivity index (χ2n) is 3.45. The smallest absolute Gasteiger partial charge is 0.168 e.